The third kappa shape index (κ3) is 3.48. The maximum absolute atomic E-state index is 11.8. The molecule has 0 aromatic carbocycles. The highest BCUT2D eigenvalue weighted by Gasteiger charge is 2.67. The molecule has 184 valence electrons. The molecule has 0 bridgehead atoms. The van der Waals surface area contributed by atoms with E-state index in [0.29, 0.717) is 12.3 Å². The summed E-state index contributed by atoms with van der Waals surface area (Å²) in [5.74, 6) is 0.687. The Balaban J connectivity index is 1.66. The lowest BCUT2D eigenvalue weighted by atomic mass is 9.41. The van der Waals surface area contributed by atoms with Crippen LogP contribution >= 0.6 is 0 Å². The van der Waals surface area contributed by atoms with Crippen LogP contribution in [-0.2, 0) is 4.79 Å². The number of rotatable bonds is 5. The van der Waals surface area contributed by atoms with Crippen LogP contribution in [0, 0.1) is 58.2 Å². The first-order chi connectivity index (χ1) is 15.0. The van der Waals surface area contributed by atoms with E-state index in [4.69, 9.17) is 0 Å². The second-order valence-electron chi connectivity index (χ2n) is 12.6. The highest BCUT2D eigenvalue weighted by Crippen LogP contribution is 2.69. The number of aliphatic hydroxyl groups excluding tert-OH is 3. The fourth-order valence-corrected chi connectivity index (χ4v) is 9.71. The van der Waals surface area contributed by atoms with E-state index < -0.39 is 12.1 Å². The van der Waals surface area contributed by atoms with E-state index in [1.54, 1.807) is 6.92 Å². The van der Waals surface area contributed by atoms with Crippen molar-refractivity contribution in [3.63, 3.8) is 0 Å². The number of carboxylic acid groups (broad SMARTS) is 1. The van der Waals surface area contributed by atoms with E-state index >= 15 is 0 Å². The summed E-state index contributed by atoms with van der Waals surface area (Å²) in [5, 5.41) is 43.3. The molecule has 4 fully saturated rings. The molecule has 5 heteroatoms. The van der Waals surface area contributed by atoms with Gasteiger partial charge >= 0.3 is 5.97 Å². The van der Waals surface area contributed by atoms with E-state index in [1.807, 2.05) is 0 Å². The van der Waals surface area contributed by atoms with Gasteiger partial charge in [-0.1, -0.05) is 41.0 Å². The molecule has 4 aliphatic rings. The molecule has 0 heterocycles. The standard InChI is InChI=1S/C27H46O5/c1-6-17-20-12-16(28)9-10-26(20,4)21-13-22(29)27(5)18(14(2)11-15(3)25(31)32)7-8-19(27)23(21)24(17)30/h14-24,28-30H,6-13H2,1-5H3,(H,31,32). The lowest BCUT2D eigenvalue weighted by Crippen LogP contribution is -2.65. The third-order valence-electron chi connectivity index (χ3n) is 11.4. The zero-order valence-electron chi connectivity index (χ0n) is 20.7. The normalized spacial score (nSPS) is 52.4. The number of hydrogen-bond donors (Lipinski definition) is 4. The maximum Gasteiger partial charge on any atom is 0.306 e. The molecule has 32 heavy (non-hydrogen) atoms. The zero-order chi connectivity index (χ0) is 23.6. The Labute approximate surface area is 194 Å². The van der Waals surface area contributed by atoms with Crippen LogP contribution in [0.4, 0.5) is 0 Å². The van der Waals surface area contributed by atoms with Gasteiger partial charge in [-0.15, -0.1) is 0 Å². The molecule has 0 spiro atoms. The number of aliphatic carboxylic acids is 1. The smallest absolute Gasteiger partial charge is 0.306 e. The van der Waals surface area contributed by atoms with Gasteiger partial charge in [0.15, 0.2) is 0 Å². The molecule has 0 saturated heterocycles. The first kappa shape index (κ1) is 24.5. The highest BCUT2D eigenvalue weighted by atomic mass is 16.4. The van der Waals surface area contributed by atoms with Crippen LogP contribution in [0.2, 0.25) is 0 Å². The number of carboxylic acids is 1. The van der Waals surface area contributed by atoms with Gasteiger partial charge in [0.25, 0.3) is 0 Å². The molecule has 5 nitrogen and oxygen atoms in total. The van der Waals surface area contributed by atoms with Crippen molar-refractivity contribution < 1.29 is 25.2 Å². The predicted molar refractivity (Wildman–Crippen MR) is 124 cm³/mol. The maximum atomic E-state index is 11.8. The third-order valence-corrected chi connectivity index (χ3v) is 11.4. The topological polar surface area (TPSA) is 98.0 Å². The van der Waals surface area contributed by atoms with E-state index in [2.05, 4.69) is 27.7 Å². The van der Waals surface area contributed by atoms with Crippen molar-refractivity contribution in [1.82, 2.24) is 0 Å². The van der Waals surface area contributed by atoms with Gasteiger partial charge in [-0.2, -0.15) is 0 Å². The van der Waals surface area contributed by atoms with Gasteiger partial charge in [0.1, 0.15) is 0 Å². The van der Waals surface area contributed by atoms with Crippen LogP contribution in [0.1, 0.15) is 86.0 Å². The Kier molecular flexibility index (Phi) is 6.53. The fraction of sp³-hybridized carbons (Fsp3) is 0.963. The number of fused-ring (bicyclic) bond motifs is 5. The highest BCUT2D eigenvalue weighted by molar-refractivity contribution is 5.69. The molecule has 0 aliphatic heterocycles. The lowest BCUT2D eigenvalue weighted by Gasteiger charge is -2.65. The number of carbonyl (C=O) groups is 1. The zero-order valence-corrected chi connectivity index (χ0v) is 20.7. The van der Waals surface area contributed by atoms with Crippen LogP contribution in [0.3, 0.4) is 0 Å². The largest absolute Gasteiger partial charge is 0.481 e. The van der Waals surface area contributed by atoms with Gasteiger partial charge in [-0.3, -0.25) is 4.79 Å². The molecular weight excluding hydrogens is 404 g/mol. The summed E-state index contributed by atoms with van der Waals surface area (Å²) in [6.07, 6.45) is 5.85. The molecule has 0 aromatic rings. The minimum atomic E-state index is -0.743. The second-order valence-corrected chi connectivity index (χ2v) is 12.6. The summed E-state index contributed by atoms with van der Waals surface area (Å²) in [6.45, 7) is 10.8. The molecule has 4 rings (SSSR count). The van der Waals surface area contributed by atoms with E-state index in [-0.39, 0.29) is 64.5 Å². The summed E-state index contributed by atoms with van der Waals surface area (Å²) < 4.78 is 0. The molecule has 0 radical (unpaired) electrons. The Hall–Kier alpha value is -0.650. The molecule has 4 saturated carbocycles. The molecule has 4 aliphatic carbocycles. The number of hydrogen-bond acceptors (Lipinski definition) is 4. The fourth-order valence-electron chi connectivity index (χ4n) is 9.71. The summed E-state index contributed by atoms with van der Waals surface area (Å²) in [6, 6.07) is 0. The second kappa shape index (κ2) is 8.53. The van der Waals surface area contributed by atoms with Crippen LogP contribution in [0.5, 0.6) is 0 Å². The monoisotopic (exact) mass is 450 g/mol. The van der Waals surface area contributed by atoms with Crippen LogP contribution in [0.15, 0.2) is 0 Å². The predicted octanol–water partition coefficient (Wildman–Crippen LogP) is 4.33. The van der Waals surface area contributed by atoms with Crippen molar-refractivity contribution in [2.45, 2.75) is 104 Å². The lowest BCUT2D eigenvalue weighted by molar-refractivity contribution is -0.228. The van der Waals surface area contributed by atoms with Crippen molar-refractivity contribution in [3.05, 3.63) is 0 Å². The Morgan fingerprint density at radius 1 is 1.00 bits per heavy atom. The first-order valence-electron chi connectivity index (χ1n) is 13.2. The Morgan fingerprint density at radius 3 is 2.31 bits per heavy atom. The average Bonchev–Trinajstić information content (AvgIpc) is 3.09. The van der Waals surface area contributed by atoms with E-state index in [9.17, 15) is 25.2 Å². The van der Waals surface area contributed by atoms with Gasteiger partial charge < -0.3 is 20.4 Å². The molecular formula is C27H46O5. The summed E-state index contributed by atoms with van der Waals surface area (Å²) >= 11 is 0. The van der Waals surface area contributed by atoms with Gasteiger partial charge in [0.2, 0.25) is 0 Å². The SMILES string of the molecule is CCC1C(O)C2C(CC(O)C3(C)C(C(C)CC(C)C(=O)O)CCC23)C2(C)CCC(O)CC12. The Morgan fingerprint density at radius 2 is 1.69 bits per heavy atom. The van der Waals surface area contributed by atoms with Crippen LogP contribution in [0.25, 0.3) is 0 Å². The summed E-state index contributed by atoms with van der Waals surface area (Å²) in [4.78, 5) is 11.5. The quantitative estimate of drug-likeness (QED) is 0.500. The van der Waals surface area contributed by atoms with Gasteiger partial charge in [0.05, 0.1) is 24.2 Å². The minimum Gasteiger partial charge on any atom is -0.481 e. The van der Waals surface area contributed by atoms with Crippen molar-refractivity contribution in [3.8, 4) is 0 Å². The van der Waals surface area contributed by atoms with Crippen molar-refractivity contribution in [2.75, 3.05) is 0 Å². The van der Waals surface area contributed by atoms with Gasteiger partial charge in [-0.25, -0.2) is 0 Å². The molecule has 13 atom stereocenters. The molecule has 0 aromatic heterocycles. The van der Waals surface area contributed by atoms with Gasteiger partial charge in [0, 0.05) is 0 Å². The summed E-state index contributed by atoms with van der Waals surface area (Å²) in [7, 11) is 0. The molecule has 4 N–H and O–H groups in total. The number of aliphatic hydroxyl groups is 3. The molecule has 0 amide bonds. The minimum absolute atomic E-state index is 0.0631. The first-order valence-corrected chi connectivity index (χ1v) is 13.2. The van der Waals surface area contributed by atoms with Crippen LogP contribution in [-0.4, -0.2) is 44.7 Å². The summed E-state index contributed by atoms with van der Waals surface area (Å²) in [5.41, 5.74) is -0.205. The molecule has 13 unspecified atom stereocenters. The van der Waals surface area contributed by atoms with E-state index in [1.165, 1.54) is 0 Å². The Bertz CT molecular complexity index is 710. The van der Waals surface area contributed by atoms with Gasteiger partial charge in [-0.05, 0) is 97.2 Å². The van der Waals surface area contributed by atoms with E-state index in [0.717, 1.165) is 44.9 Å². The van der Waals surface area contributed by atoms with Crippen molar-refractivity contribution in [1.29, 1.82) is 0 Å². The van der Waals surface area contributed by atoms with Crippen molar-refractivity contribution in [2.24, 2.45) is 58.2 Å². The average molecular weight is 451 g/mol. The van der Waals surface area contributed by atoms with Crippen molar-refractivity contribution >= 4 is 5.97 Å². The van der Waals surface area contributed by atoms with Crippen LogP contribution < -0.4 is 0 Å².